The molecule has 0 N–H and O–H groups in total. The van der Waals surface area contributed by atoms with E-state index in [1.54, 1.807) is 0 Å². The molecule has 0 aromatic carbocycles. The monoisotopic (exact) mass is 168 g/mol. The Morgan fingerprint density at radius 2 is 1.75 bits per heavy atom. The molecule has 0 heterocycles. The van der Waals surface area contributed by atoms with Crippen LogP contribution in [0.3, 0.4) is 0 Å². The van der Waals surface area contributed by atoms with Gasteiger partial charge in [0.25, 0.3) is 0 Å². The number of hydrogen-bond acceptors (Lipinski definition) is 2. The van der Waals surface area contributed by atoms with Crippen LogP contribution in [0.4, 0.5) is 0 Å². The molecular formula is C3H3ClKNaO2. The van der Waals surface area contributed by atoms with E-state index in [1.165, 1.54) is 0 Å². The van der Waals surface area contributed by atoms with Gasteiger partial charge in [-0.1, -0.05) is 6.58 Å². The van der Waals surface area contributed by atoms with E-state index in [4.69, 9.17) is 9.90 Å². The van der Waals surface area contributed by atoms with Crippen molar-refractivity contribution < 1.29 is 103 Å². The summed E-state index contributed by atoms with van der Waals surface area (Å²) in [5.74, 6) is -1.23. The van der Waals surface area contributed by atoms with Crippen LogP contribution in [0, 0.1) is 0 Å². The maximum Gasteiger partial charge on any atom is 1.00 e. The van der Waals surface area contributed by atoms with Crippen molar-refractivity contribution in [2.75, 3.05) is 0 Å². The minimum absolute atomic E-state index is 0. The van der Waals surface area contributed by atoms with Gasteiger partial charge in [-0.2, -0.15) is 0 Å². The van der Waals surface area contributed by atoms with Crippen LogP contribution < -0.4 is 98.5 Å². The van der Waals surface area contributed by atoms with Gasteiger partial charge in [-0.3, -0.25) is 0 Å². The minimum Gasteiger partial charge on any atom is -1.00 e. The summed E-state index contributed by atoms with van der Waals surface area (Å²) in [6.45, 7) is 2.90. The second-order valence-corrected chi connectivity index (χ2v) is 0.523. The summed E-state index contributed by atoms with van der Waals surface area (Å²) in [4.78, 5) is 9.14. The molecule has 8 heavy (non-hydrogen) atoms. The second-order valence-electron chi connectivity index (χ2n) is 0.523. The molecule has 0 saturated carbocycles. The molecular weight excluding hydrogens is 166 g/mol. The van der Waals surface area contributed by atoms with E-state index in [9.17, 15) is 0 Å². The fraction of sp³-hybridized carbons (Fsp3) is 0. The number of hydrogen-bond donors (Lipinski definition) is 0. The SMILES string of the molecule is C=CC(=O)[O-].[Cl-].[K+].[Na+]. The molecule has 0 aliphatic heterocycles. The predicted octanol–water partition coefficient (Wildman–Crippen LogP) is -10.1. The number of carbonyl (C=O) groups excluding carboxylic acids is 1. The first-order valence-corrected chi connectivity index (χ1v) is 1.11. The fourth-order valence-electron chi connectivity index (χ4n) is 0. The molecule has 0 spiro atoms. The zero-order chi connectivity index (χ0) is 4.28. The number of aliphatic carboxylic acids is 1. The van der Waals surface area contributed by atoms with Crippen molar-refractivity contribution in [3.63, 3.8) is 0 Å². The number of rotatable bonds is 1. The Morgan fingerprint density at radius 1 is 1.62 bits per heavy atom. The molecule has 0 rings (SSSR count). The van der Waals surface area contributed by atoms with E-state index in [0.717, 1.165) is 6.08 Å². The molecule has 2 nitrogen and oxygen atoms in total. The molecule has 0 saturated heterocycles. The van der Waals surface area contributed by atoms with Crippen molar-refractivity contribution in [2.45, 2.75) is 0 Å². The second kappa shape index (κ2) is 16.1. The molecule has 0 aromatic rings. The standard InChI is InChI=1S/C3H4O2.ClH.K.Na/c1-2-3(4)5;;;/h2H,1H2,(H,4,5);1H;;/q;;2*+1/p-2. The predicted molar refractivity (Wildman–Crippen MR) is 15.2 cm³/mol. The summed E-state index contributed by atoms with van der Waals surface area (Å²) in [6.07, 6.45) is 0.722. The normalized spacial score (nSPS) is 4.00. The Morgan fingerprint density at radius 3 is 1.75 bits per heavy atom. The van der Waals surface area contributed by atoms with Crippen LogP contribution in [0.2, 0.25) is 0 Å². The third-order valence-electron chi connectivity index (χ3n) is 0.167. The number of carboxylic acid groups (broad SMARTS) is 1. The third-order valence-corrected chi connectivity index (χ3v) is 0.167. The molecule has 5 heteroatoms. The topological polar surface area (TPSA) is 40.1 Å². The number of carbonyl (C=O) groups is 1. The van der Waals surface area contributed by atoms with Gasteiger partial charge in [-0.25, -0.2) is 0 Å². The summed E-state index contributed by atoms with van der Waals surface area (Å²) in [7, 11) is 0. The van der Waals surface area contributed by atoms with Gasteiger partial charge in [0.15, 0.2) is 0 Å². The minimum atomic E-state index is -1.23. The molecule has 0 amide bonds. The fourth-order valence-corrected chi connectivity index (χ4v) is 0. The van der Waals surface area contributed by atoms with Crippen molar-refractivity contribution in [3.8, 4) is 0 Å². The summed E-state index contributed by atoms with van der Waals surface area (Å²) >= 11 is 0. The van der Waals surface area contributed by atoms with Gasteiger partial charge < -0.3 is 22.3 Å². The van der Waals surface area contributed by atoms with Crippen molar-refractivity contribution in [2.24, 2.45) is 0 Å². The molecule has 0 aliphatic carbocycles. The first-order valence-electron chi connectivity index (χ1n) is 1.11. The van der Waals surface area contributed by atoms with Crippen LogP contribution in [-0.2, 0) is 4.79 Å². The maximum atomic E-state index is 9.14. The smallest absolute Gasteiger partial charge is 1.00 e. The molecule has 0 fully saturated rings. The van der Waals surface area contributed by atoms with Gasteiger partial charge in [-0.15, -0.1) is 0 Å². The summed E-state index contributed by atoms with van der Waals surface area (Å²) in [5, 5.41) is 9.14. The van der Waals surface area contributed by atoms with Crippen LogP contribution >= 0.6 is 0 Å². The maximum absolute atomic E-state index is 9.14. The average molecular weight is 169 g/mol. The van der Waals surface area contributed by atoms with E-state index >= 15 is 0 Å². The Hall–Kier alpha value is 2.14. The van der Waals surface area contributed by atoms with Crippen LogP contribution in [0.25, 0.3) is 0 Å². The van der Waals surface area contributed by atoms with Gasteiger partial charge >= 0.3 is 80.9 Å². The van der Waals surface area contributed by atoms with Crippen molar-refractivity contribution in [1.29, 1.82) is 0 Å². The Bertz CT molecular complexity index is 68.3. The molecule has 36 valence electrons. The summed E-state index contributed by atoms with van der Waals surface area (Å²) < 4.78 is 0. The van der Waals surface area contributed by atoms with Crippen LogP contribution in [-0.4, -0.2) is 5.97 Å². The molecule has 0 unspecified atom stereocenters. The Kier molecular flexibility index (Phi) is 45.1. The molecule has 0 radical (unpaired) electrons. The van der Waals surface area contributed by atoms with Gasteiger partial charge in [0, 0.05) is 0 Å². The summed E-state index contributed by atoms with van der Waals surface area (Å²) in [5.41, 5.74) is 0. The van der Waals surface area contributed by atoms with Crippen LogP contribution in [0.5, 0.6) is 0 Å². The largest absolute Gasteiger partial charge is 1.00 e. The Labute approximate surface area is 119 Å². The van der Waals surface area contributed by atoms with Crippen molar-refractivity contribution >= 4 is 5.97 Å². The zero-order valence-electron chi connectivity index (χ0n) is 4.98. The van der Waals surface area contributed by atoms with Crippen LogP contribution in [0.1, 0.15) is 0 Å². The number of carboxylic acids is 1. The van der Waals surface area contributed by atoms with Crippen molar-refractivity contribution in [3.05, 3.63) is 12.7 Å². The third kappa shape index (κ3) is 24.2. The van der Waals surface area contributed by atoms with Crippen molar-refractivity contribution in [1.82, 2.24) is 0 Å². The molecule has 0 aliphatic rings. The van der Waals surface area contributed by atoms with E-state index in [0.29, 0.717) is 0 Å². The van der Waals surface area contributed by atoms with E-state index < -0.39 is 5.97 Å². The van der Waals surface area contributed by atoms with Gasteiger partial charge in [0.05, 0.1) is 5.97 Å². The molecule has 0 aromatic heterocycles. The summed E-state index contributed by atoms with van der Waals surface area (Å²) in [6, 6.07) is 0. The van der Waals surface area contributed by atoms with Crippen LogP contribution in [0.15, 0.2) is 12.7 Å². The first kappa shape index (κ1) is 22.5. The average Bonchev–Trinajstić information content (AvgIpc) is 1.38. The number of halogens is 1. The first-order chi connectivity index (χ1) is 2.27. The van der Waals surface area contributed by atoms with Gasteiger partial charge in [-0.05, 0) is 6.08 Å². The molecule has 0 bridgehead atoms. The van der Waals surface area contributed by atoms with E-state index in [2.05, 4.69) is 6.58 Å². The molecule has 0 atom stereocenters. The van der Waals surface area contributed by atoms with E-state index in [-0.39, 0.29) is 93.3 Å². The van der Waals surface area contributed by atoms with Gasteiger partial charge in [0.2, 0.25) is 0 Å². The van der Waals surface area contributed by atoms with Gasteiger partial charge in [0.1, 0.15) is 0 Å². The van der Waals surface area contributed by atoms with E-state index in [1.807, 2.05) is 0 Å². The Balaban J connectivity index is -0.0000000267. The quantitative estimate of drug-likeness (QED) is 0.288. The zero-order valence-corrected chi connectivity index (χ0v) is 10.9.